The van der Waals surface area contributed by atoms with E-state index in [9.17, 15) is 17.2 Å². The van der Waals surface area contributed by atoms with Crippen molar-refractivity contribution in [3.63, 3.8) is 0 Å². The third kappa shape index (κ3) is 6.21. The van der Waals surface area contributed by atoms with Gasteiger partial charge < -0.3 is 14.2 Å². The van der Waals surface area contributed by atoms with Crippen molar-refractivity contribution >= 4 is 21.0 Å². The molecule has 1 aliphatic rings. The second kappa shape index (κ2) is 11.1. The summed E-state index contributed by atoms with van der Waals surface area (Å²) in [7, 11) is -6.17. The first-order chi connectivity index (χ1) is 18.5. The molecule has 3 aromatic carbocycles. The van der Waals surface area contributed by atoms with E-state index in [0.717, 1.165) is 33.6 Å². The number of hydrogen-bond acceptors (Lipinski definition) is 5. The molecule has 0 amide bonds. The lowest BCUT2D eigenvalue weighted by molar-refractivity contribution is -0.454. The summed E-state index contributed by atoms with van der Waals surface area (Å²) in [5.74, 6) is -0.731. The highest BCUT2D eigenvalue weighted by Crippen LogP contribution is 2.41. The maximum Gasteiger partial charge on any atom is 0.405 e. The molecule has 2 atom stereocenters. The van der Waals surface area contributed by atoms with Crippen LogP contribution >= 0.6 is 0 Å². The molecule has 6 nitrogen and oxygen atoms in total. The average Bonchev–Trinajstić information content (AvgIpc) is 2.87. The smallest absolute Gasteiger partial charge is 0.405 e. The molecule has 1 saturated heterocycles. The number of hydrogen-bond donors (Lipinski definition) is 1. The fourth-order valence-corrected chi connectivity index (χ4v) is 6.85. The zero-order chi connectivity index (χ0) is 29.5. The van der Waals surface area contributed by atoms with Crippen LogP contribution in [0.3, 0.4) is 0 Å². The Hall–Kier alpha value is -2.50. The Morgan fingerprint density at radius 2 is 1.38 bits per heavy atom. The maximum atomic E-state index is 14.0. The van der Waals surface area contributed by atoms with Crippen LogP contribution in [0.15, 0.2) is 87.5 Å². The molecule has 2 unspecified atom stereocenters. The lowest BCUT2D eigenvalue weighted by Gasteiger charge is -2.45. The van der Waals surface area contributed by atoms with Gasteiger partial charge in [-0.3, -0.25) is 4.55 Å². The van der Waals surface area contributed by atoms with Crippen LogP contribution in [0.25, 0.3) is 0 Å². The van der Waals surface area contributed by atoms with Gasteiger partial charge in [-0.1, -0.05) is 39.8 Å². The highest BCUT2D eigenvalue weighted by molar-refractivity contribution is 7.97. The minimum absolute atomic E-state index is 0.00680. The number of rotatable bonds is 9. The van der Waals surface area contributed by atoms with Gasteiger partial charge in [-0.05, 0) is 91.9 Å². The van der Waals surface area contributed by atoms with E-state index < -0.39 is 38.2 Å². The zero-order valence-electron chi connectivity index (χ0n) is 23.4. The second-order valence-electron chi connectivity index (χ2n) is 10.9. The van der Waals surface area contributed by atoms with Crippen molar-refractivity contribution in [2.45, 2.75) is 91.5 Å². The summed E-state index contributed by atoms with van der Waals surface area (Å²) in [5, 5.41) is -4.45. The van der Waals surface area contributed by atoms with Crippen LogP contribution in [0.1, 0.15) is 59.1 Å². The molecule has 10 heteroatoms. The van der Waals surface area contributed by atoms with E-state index in [1.165, 1.54) is 17.7 Å². The summed E-state index contributed by atoms with van der Waals surface area (Å²) in [4.78, 5) is 3.00. The Balaban J connectivity index is 1.66. The number of benzene rings is 3. The summed E-state index contributed by atoms with van der Waals surface area (Å²) in [6, 6.07) is 23.1. The Morgan fingerprint density at radius 3 is 1.80 bits per heavy atom. The van der Waals surface area contributed by atoms with Crippen LogP contribution in [-0.2, 0) is 41.7 Å². The highest BCUT2D eigenvalue weighted by atomic mass is 32.2. The predicted octanol–water partition coefficient (Wildman–Crippen LogP) is 7.28. The lowest BCUT2D eigenvalue weighted by Crippen LogP contribution is -2.48. The van der Waals surface area contributed by atoms with Crippen molar-refractivity contribution in [3.05, 3.63) is 83.9 Å². The minimum Gasteiger partial charge on any atom is -0.483 e. The molecule has 4 rings (SSSR count). The molecule has 0 aliphatic carbocycles. The van der Waals surface area contributed by atoms with Crippen LogP contribution in [0.4, 0.5) is 8.78 Å². The van der Waals surface area contributed by atoms with E-state index in [4.69, 9.17) is 18.8 Å². The Labute approximate surface area is 237 Å². The maximum absolute atomic E-state index is 14.0. The molecule has 0 spiro atoms. The summed E-state index contributed by atoms with van der Waals surface area (Å²) in [5.41, 5.74) is 2.10. The van der Waals surface area contributed by atoms with Crippen molar-refractivity contribution in [1.82, 2.24) is 0 Å². The average molecular weight is 594 g/mol. The summed E-state index contributed by atoms with van der Waals surface area (Å²) < 4.78 is 76.0. The van der Waals surface area contributed by atoms with Gasteiger partial charge in [0.05, 0.1) is 10.9 Å². The normalized spacial score (nSPS) is 21.4. The van der Waals surface area contributed by atoms with Crippen molar-refractivity contribution in [2.24, 2.45) is 0 Å². The Bertz CT molecular complexity index is 1410. The van der Waals surface area contributed by atoms with Crippen LogP contribution in [0.2, 0.25) is 0 Å². The van der Waals surface area contributed by atoms with Crippen LogP contribution < -0.4 is 4.74 Å². The van der Waals surface area contributed by atoms with E-state index in [1.807, 2.05) is 38.1 Å². The molecule has 1 aliphatic heterocycles. The molecule has 0 radical (unpaired) electrons. The molecule has 1 N–H and O–H groups in total. The minimum atomic E-state index is -5.62. The molecule has 0 aromatic heterocycles. The molecule has 1 heterocycles. The largest absolute Gasteiger partial charge is 0.483 e. The number of halogens is 2. The first-order valence-corrected chi connectivity index (χ1v) is 15.6. The van der Waals surface area contributed by atoms with Gasteiger partial charge in [-0.2, -0.15) is 17.2 Å². The molecule has 3 aromatic rings. The van der Waals surface area contributed by atoms with Crippen molar-refractivity contribution in [1.29, 1.82) is 0 Å². The monoisotopic (exact) mass is 593 g/mol. The summed E-state index contributed by atoms with van der Waals surface area (Å²) >= 11 is 0. The van der Waals surface area contributed by atoms with Gasteiger partial charge in [-0.15, -0.1) is 0 Å². The van der Waals surface area contributed by atoms with Crippen molar-refractivity contribution < 1.29 is 36.0 Å². The number of alkyl halides is 2. The first kappa shape index (κ1) is 30.5. The predicted molar refractivity (Wildman–Crippen MR) is 150 cm³/mol. The van der Waals surface area contributed by atoms with Crippen LogP contribution in [0, 0.1) is 0 Å². The van der Waals surface area contributed by atoms with Gasteiger partial charge in [0, 0.05) is 5.56 Å². The molecule has 0 saturated carbocycles. The fraction of sp³-hybridized carbons (Fsp3) is 0.400. The summed E-state index contributed by atoms with van der Waals surface area (Å²) in [6.45, 7) is 11.2. The van der Waals surface area contributed by atoms with Gasteiger partial charge in [0.2, 0.25) is 0 Å². The molecule has 0 bridgehead atoms. The topological polar surface area (TPSA) is 82.1 Å². The van der Waals surface area contributed by atoms with E-state index in [0.29, 0.717) is 0 Å². The van der Waals surface area contributed by atoms with Crippen LogP contribution in [-0.4, -0.2) is 30.6 Å². The van der Waals surface area contributed by atoms with E-state index in [2.05, 4.69) is 45.0 Å². The first-order valence-electron chi connectivity index (χ1n) is 13.0. The Morgan fingerprint density at radius 1 is 0.925 bits per heavy atom. The van der Waals surface area contributed by atoms with Crippen molar-refractivity contribution in [3.8, 4) is 5.75 Å². The van der Waals surface area contributed by atoms with Gasteiger partial charge in [-0.25, -0.2) is 0 Å². The molecule has 216 valence electrons. The molecule has 40 heavy (non-hydrogen) atoms. The standard InChI is InChI=1S/C30H34F2O6S2/c1-7-27-37-29(6,38-27)22-10-16-25(17-11-22)39(24-14-8-21(9-15-24)28(3,4)5)26-18-12-23(13-19-26)36-20(2)30(31,32)40(33,34)35/h8-20,27H,7H2,1-6H3/p+1. The SMILES string of the molecule is CCC1OC(C)(c2ccc([S+](c3ccc(OC(C)C(F)(F)S(=O)(=O)O)cc3)c3ccc(C(C)(C)C)cc3)cc2)O1. The van der Waals surface area contributed by atoms with E-state index >= 15 is 0 Å². The van der Waals surface area contributed by atoms with Crippen LogP contribution in [0.5, 0.6) is 5.75 Å². The van der Waals surface area contributed by atoms with Gasteiger partial charge in [0.15, 0.2) is 32.9 Å². The molecule has 1 fully saturated rings. The zero-order valence-corrected chi connectivity index (χ0v) is 25.0. The molecular weight excluding hydrogens is 558 g/mol. The van der Waals surface area contributed by atoms with Crippen molar-refractivity contribution in [2.75, 3.05) is 0 Å². The van der Waals surface area contributed by atoms with Gasteiger partial charge in [0.1, 0.15) is 5.75 Å². The third-order valence-electron chi connectivity index (χ3n) is 6.81. The summed E-state index contributed by atoms with van der Waals surface area (Å²) in [6.07, 6.45) is -1.52. The van der Waals surface area contributed by atoms with Gasteiger partial charge in [0.25, 0.3) is 0 Å². The molecular formula is C30H35F2O6S2+. The number of ether oxygens (including phenoxy) is 3. The quantitative estimate of drug-likeness (QED) is 0.207. The Kier molecular flexibility index (Phi) is 8.42. The van der Waals surface area contributed by atoms with E-state index in [-0.39, 0.29) is 17.5 Å². The lowest BCUT2D eigenvalue weighted by atomic mass is 9.87. The fourth-order valence-electron chi connectivity index (χ4n) is 4.34. The second-order valence-corrected chi connectivity index (χ2v) is 14.4. The van der Waals surface area contributed by atoms with E-state index in [1.54, 1.807) is 12.1 Å². The van der Waals surface area contributed by atoms with Gasteiger partial charge >= 0.3 is 15.4 Å². The third-order valence-corrected chi connectivity index (χ3v) is 10.1. The highest BCUT2D eigenvalue weighted by Gasteiger charge is 2.51.